The molecule has 0 aliphatic heterocycles. The van der Waals surface area contributed by atoms with Gasteiger partial charge in [-0.15, -0.1) is 23.2 Å². The number of carbonyl (C=O) groups is 2. The molecule has 0 spiro atoms. The number of alkyl halides is 4. The number of halogens is 6. The normalized spacial score (nSPS) is 43.7. The van der Waals surface area contributed by atoms with E-state index in [0.29, 0.717) is 0 Å². The Morgan fingerprint density at radius 2 is 1.11 bits per heavy atom. The van der Waals surface area contributed by atoms with Crippen LogP contribution in [0.1, 0.15) is 0 Å². The quantitative estimate of drug-likeness (QED) is 0.650. The zero-order chi connectivity index (χ0) is 15.0. The Balaban J connectivity index is 2.84. The minimum absolute atomic E-state index is 0.414. The van der Waals surface area contributed by atoms with Gasteiger partial charge in [-0.1, -0.05) is 46.4 Å². The van der Waals surface area contributed by atoms with E-state index >= 15 is 0 Å². The van der Waals surface area contributed by atoms with Crippen molar-refractivity contribution in [3.63, 3.8) is 0 Å². The lowest BCUT2D eigenvalue weighted by molar-refractivity contribution is -0.326. The van der Waals surface area contributed by atoms with Gasteiger partial charge in [0.25, 0.3) is 0 Å². The molecule has 0 heterocycles. The van der Waals surface area contributed by atoms with Gasteiger partial charge in [-0.05, 0) is 0 Å². The zero-order valence-corrected chi connectivity index (χ0v) is 13.1. The van der Waals surface area contributed by atoms with Gasteiger partial charge >= 0.3 is 0 Å². The molecule has 106 valence electrons. The molecule has 4 nitrogen and oxygen atoms in total. The molecule has 0 aromatic rings. The molecule has 0 amide bonds. The number of aliphatic carboxylic acids is 2. The third-order valence-electron chi connectivity index (χ3n) is 3.44. The monoisotopic (exact) mass is 384 g/mol. The van der Waals surface area contributed by atoms with Gasteiger partial charge in [-0.25, -0.2) is 0 Å². The van der Waals surface area contributed by atoms with Crippen LogP contribution >= 0.6 is 69.6 Å². The van der Waals surface area contributed by atoms with E-state index < -0.39 is 47.9 Å². The molecule has 0 N–H and O–H groups in total. The molecule has 1 fully saturated rings. The van der Waals surface area contributed by atoms with E-state index in [0.717, 1.165) is 0 Å². The Morgan fingerprint density at radius 1 is 0.842 bits per heavy atom. The Kier molecular flexibility index (Phi) is 3.50. The van der Waals surface area contributed by atoms with Crippen molar-refractivity contribution in [2.75, 3.05) is 0 Å². The number of carbonyl (C=O) groups excluding carboxylic acids is 2. The third kappa shape index (κ3) is 1.46. The first-order valence-corrected chi connectivity index (χ1v) is 6.96. The second-order valence-electron chi connectivity index (χ2n) is 4.22. The van der Waals surface area contributed by atoms with Crippen molar-refractivity contribution in [3.05, 3.63) is 10.1 Å². The van der Waals surface area contributed by atoms with Crippen molar-refractivity contribution in [3.8, 4) is 0 Å². The van der Waals surface area contributed by atoms with Crippen LogP contribution in [-0.4, -0.2) is 26.0 Å². The van der Waals surface area contributed by atoms with Gasteiger partial charge in [-0.2, -0.15) is 0 Å². The van der Waals surface area contributed by atoms with E-state index in [9.17, 15) is 19.8 Å². The van der Waals surface area contributed by atoms with Crippen molar-refractivity contribution in [1.82, 2.24) is 0 Å². The highest BCUT2D eigenvalue weighted by Gasteiger charge is 2.82. The van der Waals surface area contributed by atoms with Gasteiger partial charge in [0.1, 0.15) is 9.75 Å². The van der Waals surface area contributed by atoms with E-state index in [1.807, 2.05) is 0 Å². The van der Waals surface area contributed by atoms with Crippen LogP contribution in [-0.2, 0) is 9.59 Å². The predicted octanol–water partition coefficient (Wildman–Crippen LogP) is 0.564. The summed E-state index contributed by atoms with van der Waals surface area (Å²) in [7, 11) is 0. The largest absolute Gasteiger partial charge is 0.550 e. The van der Waals surface area contributed by atoms with Gasteiger partial charge in [-0.3, -0.25) is 0 Å². The summed E-state index contributed by atoms with van der Waals surface area (Å²) in [5.41, 5.74) is 0. The first kappa shape index (κ1) is 15.8. The standard InChI is InChI=1S/C9H4Cl6O4/c10-3-4(11)8(13)2(6(18)19)1(5(16)17)7(3,12)9(8,14)15/h1-2H,(H,16,17)(H,18,19)/p-2. The molecule has 0 aromatic heterocycles. The van der Waals surface area contributed by atoms with Crippen LogP contribution in [0.2, 0.25) is 0 Å². The van der Waals surface area contributed by atoms with Crippen molar-refractivity contribution in [2.24, 2.45) is 11.8 Å². The molecular weight excluding hydrogens is 385 g/mol. The highest BCUT2D eigenvalue weighted by Crippen LogP contribution is 2.75. The number of carboxylic acids is 2. The van der Waals surface area contributed by atoms with Crippen molar-refractivity contribution in [1.29, 1.82) is 0 Å². The Morgan fingerprint density at radius 3 is 1.32 bits per heavy atom. The summed E-state index contributed by atoms with van der Waals surface area (Å²) in [6, 6.07) is 0. The van der Waals surface area contributed by atoms with Crippen LogP contribution in [0.25, 0.3) is 0 Å². The lowest BCUT2D eigenvalue weighted by Crippen LogP contribution is -2.53. The molecule has 4 atom stereocenters. The minimum Gasteiger partial charge on any atom is -0.550 e. The maximum absolute atomic E-state index is 11.2. The summed E-state index contributed by atoms with van der Waals surface area (Å²) in [6.45, 7) is 0. The maximum Gasteiger partial charge on any atom is 0.167 e. The maximum atomic E-state index is 11.2. The molecule has 19 heavy (non-hydrogen) atoms. The number of carboxylic acid groups (broad SMARTS) is 2. The van der Waals surface area contributed by atoms with E-state index in [4.69, 9.17) is 69.6 Å². The Bertz CT molecular complexity index is 487. The fourth-order valence-electron chi connectivity index (χ4n) is 2.58. The number of hydrogen-bond donors (Lipinski definition) is 0. The average molecular weight is 387 g/mol. The first-order valence-electron chi connectivity index (χ1n) is 4.69. The number of rotatable bonds is 2. The lowest BCUT2D eigenvalue weighted by Gasteiger charge is -2.37. The molecule has 1 saturated carbocycles. The van der Waals surface area contributed by atoms with E-state index in [1.165, 1.54) is 0 Å². The Hall–Kier alpha value is 0.420. The summed E-state index contributed by atoms with van der Waals surface area (Å²) in [6.07, 6.45) is 0. The van der Waals surface area contributed by atoms with Gasteiger partial charge in [0.2, 0.25) is 0 Å². The molecule has 0 radical (unpaired) electrons. The van der Waals surface area contributed by atoms with Crippen LogP contribution in [0.4, 0.5) is 0 Å². The molecule has 2 aliphatic rings. The van der Waals surface area contributed by atoms with Crippen molar-refractivity contribution in [2.45, 2.75) is 14.1 Å². The summed E-state index contributed by atoms with van der Waals surface area (Å²) in [5, 5.41) is 21.6. The highest BCUT2D eigenvalue weighted by molar-refractivity contribution is 6.66. The first-order chi connectivity index (χ1) is 8.45. The van der Waals surface area contributed by atoms with Crippen molar-refractivity contribution >= 4 is 81.5 Å². The number of allylic oxidation sites excluding steroid dienone is 2. The molecule has 0 aromatic carbocycles. The van der Waals surface area contributed by atoms with Gasteiger partial charge < -0.3 is 19.8 Å². The van der Waals surface area contributed by atoms with E-state index in [-0.39, 0.29) is 0 Å². The van der Waals surface area contributed by atoms with Crippen molar-refractivity contribution < 1.29 is 19.8 Å². The van der Waals surface area contributed by atoms with Gasteiger partial charge in [0.15, 0.2) is 4.33 Å². The fraction of sp³-hybridized carbons (Fsp3) is 0.556. The summed E-state index contributed by atoms with van der Waals surface area (Å²) >= 11 is 35.8. The molecule has 2 aliphatic carbocycles. The fourth-order valence-corrected chi connectivity index (χ4v) is 5.50. The summed E-state index contributed by atoms with van der Waals surface area (Å²) < 4.78 is -2.26. The topological polar surface area (TPSA) is 80.3 Å². The predicted molar refractivity (Wildman–Crippen MR) is 67.3 cm³/mol. The van der Waals surface area contributed by atoms with E-state index in [1.54, 1.807) is 0 Å². The Labute approximate surface area is 137 Å². The number of hydrogen-bond acceptors (Lipinski definition) is 4. The van der Waals surface area contributed by atoms with Crippen LogP contribution in [0.3, 0.4) is 0 Å². The molecule has 0 saturated heterocycles. The molecule has 2 rings (SSSR count). The molecule has 10 heteroatoms. The van der Waals surface area contributed by atoms with Crippen LogP contribution < -0.4 is 10.2 Å². The van der Waals surface area contributed by atoms with Crippen LogP contribution in [0.15, 0.2) is 10.1 Å². The smallest absolute Gasteiger partial charge is 0.167 e. The van der Waals surface area contributed by atoms with Gasteiger partial charge in [0.05, 0.1) is 10.1 Å². The lowest BCUT2D eigenvalue weighted by atomic mass is 9.82. The highest BCUT2D eigenvalue weighted by atomic mass is 35.5. The summed E-state index contributed by atoms with van der Waals surface area (Å²) in [5.74, 6) is -7.41. The minimum atomic E-state index is -2.26. The second kappa shape index (κ2) is 4.21. The molecule has 4 unspecified atom stereocenters. The number of fused-ring (bicyclic) bond motifs is 2. The average Bonchev–Trinajstić information content (AvgIpc) is 2.48. The van der Waals surface area contributed by atoms with Crippen LogP contribution in [0.5, 0.6) is 0 Å². The second-order valence-corrected chi connectivity index (χ2v) is 7.49. The molecular formula is C9H2Cl6O4-2. The zero-order valence-electron chi connectivity index (χ0n) is 8.56. The SMILES string of the molecule is O=C([O-])C1C(C(=O)[O-])C2(Cl)C(Cl)=C(Cl)C1(Cl)C2(Cl)Cl. The van der Waals surface area contributed by atoms with E-state index in [2.05, 4.69) is 0 Å². The third-order valence-corrected chi connectivity index (χ3v) is 7.70. The summed E-state index contributed by atoms with van der Waals surface area (Å²) in [4.78, 5) is 18.0. The van der Waals surface area contributed by atoms with Crippen LogP contribution in [0, 0.1) is 11.8 Å². The van der Waals surface area contributed by atoms with Gasteiger partial charge in [0, 0.05) is 23.8 Å². The molecule has 2 bridgehead atoms.